The van der Waals surface area contributed by atoms with Crippen LogP contribution in [-0.2, 0) is 87.9 Å². The van der Waals surface area contributed by atoms with Crippen molar-refractivity contribution in [2.45, 2.75) is 238 Å². The van der Waals surface area contributed by atoms with E-state index in [0.717, 1.165) is 0 Å². The standard InChI is InChI=1S/C70H113N17O20S2/c1-33(2)23-46(80-64(101)48(25-35(5)6)82-70(107)54(32-109)86-58(95)38(10)74-40(12)89)63(100)78-45(20-21-55(90)91)61(98)79-47(24-34(3)4)65(102)84-51(28-56(92)93)67(104)77-44(19-15-16-22-71)60(97)83-50(27-41-29-73-43-18-14-13-17-42(41)43)62(99)76-39(11)59(96)85-52(30-88)68(105)81-49(26-36(7)8)66(103)87-53(31-108)69(106)75-37(9)57(72)94/h13-14,17-18,29,33-39,44-54,73,88,108-109H,15-16,19-28,30-32,71H2,1-12H3,(H2,72,94)(H,74,89)(H,75,106)(H,76,99)(H,77,104)(H,78,100)(H,79,98)(H,80,101)(H,81,105)(H,82,107)(H,83,97)(H,84,102)(H,85,96)(H,86,95)(H,87,103)(H,90,91)(H,92,93)/t37-,38-,39-,44-,45-,46-,47-,48-,49-,50-,51-,52-,53-,54-/m0/s1. The van der Waals surface area contributed by atoms with Crippen LogP contribution in [0.25, 0.3) is 10.9 Å². The normalized spacial score (nSPS) is 15.2. The highest BCUT2D eigenvalue weighted by atomic mass is 32.1. The summed E-state index contributed by atoms with van der Waals surface area (Å²) < 4.78 is 0. The number of aromatic nitrogens is 1. The van der Waals surface area contributed by atoms with Gasteiger partial charge in [0.2, 0.25) is 88.6 Å². The molecule has 0 aliphatic rings. The number of H-pyrrole nitrogens is 1. The monoisotopic (exact) mass is 1580 g/mol. The fourth-order valence-electron chi connectivity index (χ4n) is 11.0. The molecule has 1 aromatic carbocycles. The number of nitrogens with one attached hydrogen (secondary N) is 15. The van der Waals surface area contributed by atoms with Gasteiger partial charge in [-0.2, -0.15) is 25.3 Å². The predicted molar refractivity (Wildman–Crippen MR) is 406 cm³/mol. The number of benzene rings is 1. The largest absolute Gasteiger partial charge is 0.481 e. The second-order valence-electron chi connectivity index (χ2n) is 28.4. The first-order valence-electron chi connectivity index (χ1n) is 36.1. The SMILES string of the molecule is CC(=O)N[C@@H](C)C(=O)N[C@@H](CS)C(=O)N[C@@H](CC(C)C)C(=O)N[C@@H](CC(C)C)C(=O)N[C@@H](CCC(=O)O)C(=O)N[C@@H](CC(C)C)C(=O)N[C@@H](CC(=O)O)C(=O)N[C@@H](CCCCN)C(=O)N[C@@H](Cc1c[nH]c2ccccc12)C(=O)N[C@@H](C)C(=O)N[C@@H](CO)C(=O)N[C@@H](CC(C)C)C(=O)N[C@@H](CS)C(=O)N[C@@H](C)C(N)=O. The molecule has 39 heteroatoms. The molecule has 0 bridgehead atoms. The van der Waals surface area contributed by atoms with E-state index in [4.69, 9.17) is 11.5 Å². The summed E-state index contributed by atoms with van der Waals surface area (Å²) >= 11 is 8.32. The van der Waals surface area contributed by atoms with E-state index < -0.39 is 217 Å². The summed E-state index contributed by atoms with van der Waals surface area (Å²) in [6.07, 6.45) is -1.11. The van der Waals surface area contributed by atoms with Crippen molar-refractivity contribution in [3.05, 3.63) is 36.0 Å². The van der Waals surface area contributed by atoms with Crippen molar-refractivity contribution in [1.82, 2.24) is 79.4 Å². The molecule has 22 N–H and O–H groups in total. The maximum atomic E-state index is 14.7. The van der Waals surface area contributed by atoms with E-state index in [1.165, 1.54) is 27.7 Å². The van der Waals surface area contributed by atoms with Crippen molar-refractivity contribution >= 4 is 137 Å². The lowest BCUT2D eigenvalue weighted by atomic mass is 9.99. The number of para-hydroxylation sites is 1. The molecular weight excluding hydrogens is 1460 g/mol. The number of carboxylic acid groups (broad SMARTS) is 2. The van der Waals surface area contributed by atoms with Gasteiger partial charge in [0.15, 0.2) is 0 Å². The van der Waals surface area contributed by atoms with Crippen LogP contribution in [0.15, 0.2) is 30.5 Å². The van der Waals surface area contributed by atoms with Crippen molar-refractivity contribution in [1.29, 1.82) is 0 Å². The highest BCUT2D eigenvalue weighted by Gasteiger charge is 2.38. The molecule has 0 unspecified atom stereocenters. The molecule has 0 saturated heterocycles. The van der Waals surface area contributed by atoms with Gasteiger partial charge >= 0.3 is 11.9 Å². The highest BCUT2D eigenvalue weighted by molar-refractivity contribution is 7.80. The Hall–Kier alpha value is -9.63. The number of carbonyl (C=O) groups is 17. The van der Waals surface area contributed by atoms with E-state index in [2.05, 4.69) is 105 Å². The molecule has 0 aliphatic heterocycles. The molecule has 1 aromatic heterocycles. The highest BCUT2D eigenvalue weighted by Crippen LogP contribution is 2.21. The average molecular weight is 1580 g/mol. The number of primary amides is 1. The molecule has 0 radical (unpaired) electrons. The molecular formula is C70H113N17O20S2. The Bertz CT molecular complexity index is 3490. The zero-order chi connectivity index (χ0) is 82.7. The Balaban J connectivity index is 2.53. The molecule has 2 aromatic rings. The lowest BCUT2D eigenvalue weighted by Crippen LogP contribution is -2.61. The van der Waals surface area contributed by atoms with Crippen LogP contribution in [0.4, 0.5) is 0 Å². The number of carboxylic acids is 2. The Morgan fingerprint density at radius 1 is 0.404 bits per heavy atom. The van der Waals surface area contributed by atoms with Gasteiger partial charge in [0.05, 0.1) is 13.0 Å². The van der Waals surface area contributed by atoms with Gasteiger partial charge in [-0.1, -0.05) is 73.6 Å². The van der Waals surface area contributed by atoms with Gasteiger partial charge in [-0.25, -0.2) is 0 Å². The van der Waals surface area contributed by atoms with Gasteiger partial charge in [-0.3, -0.25) is 81.5 Å². The lowest BCUT2D eigenvalue weighted by Gasteiger charge is -2.29. The van der Waals surface area contributed by atoms with Crippen LogP contribution in [0.3, 0.4) is 0 Å². The molecule has 37 nitrogen and oxygen atoms in total. The van der Waals surface area contributed by atoms with Crippen molar-refractivity contribution < 1.29 is 96.8 Å². The topological polar surface area (TPSA) is 587 Å². The van der Waals surface area contributed by atoms with Crippen LogP contribution in [0.1, 0.15) is 153 Å². The maximum Gasteiger partial charge on any atom is 0.305 e. The van der Waals surface area contributed by atoms with Gasteiger partial charge in [-0.05, 0) is 114 Å². The minimum atomic E-state index is -1.99. The van der Waals surface area contributed by atoms with E-state index in [0.29, 0.717) is 16.5 Å². The van der Waals surface area contributed by atoms with Gasteiger partial charge in [0, 0.05) is 48.4 Å². The van der Waals surface area contributed by atoms with Gasteiger partial charge in [-0.15, -0.1) is 0 Å². The smallest absolute Gasteiger partial charge is 0.305 e. The summed E-state index contributed by atoms with van der Waals surface area (Å²) in [4.78, 5) is 232. The second-order valence-corrected chi connectivity index (χ2v) is 29.1. The third-order valence-electron chi connectivity index (χ3n) is 16.8. The third kappa shape index (κ3) is 34.7. The van der Waals surface area contributed by atoms with E-state index in [1.54, 1.807) is 85.9 Å². The number of aliphatic hydroxyl groups is 1. The number of hydrogen-bond donors (Lipinski definition) is 22. The molecule has 1 heterocycles. The van der Waals surface area contributed by atoms with E-state index in [-0.39, 0.29) is 87.2 Å². The molecule has 0 spiro atoms. The number of rotatable bonds is 50. The van der Waals surface area contributed by atoms with Crippen LogP contribution in [0.5, 0.6) is 0 Å². The summed E-state index contributed by atoms with van der Waals surface area (Å²) in [5.41, 5.74) is 12.2. The Morgan fingerprint density at radius 2 is 0.743 bits per heavy atom. The zero-order valence-corrected chi connectivity index (χ0v) is 65.5. The van der Waals surface area contributed by atoms with Crippen molar-refractivity contribution in [2.24, 2.45) is 35.1 Å². The first-order valence-corrected chi connectivity index (χ1v) is 37.4. The fraction of sp³-hybridized carbons (Fsp3) is 0.643. The number of aliphatic hydroxyl groups excluding tert-OH is 1. The predicted octanol–water partition coefficient (Wildman–Crippen LogP) is -3.43. The fourth-order valence-corrected chi connectivity index (χ4v) is 11.5. The molecule has 0 aliphatic carbocycles. The van der Waals surface area contributed by atoms with Crippen molar-refractivity contribution in [3.63, 3.8) is 0 Å². The third-order valence-corrected chi connectivity index (χ3v) is 17.5. The van der Waals surface area contributed by atoms with Gasteiger partial charge < -0.3 is 106 Å². The molecule has 2 rings (SSSR count). The van der Waals surface area contributed by atoms with Crippen LogP contribution in [-0.4, -0.2) is 230 Å². The van der Waals surface area contributed by atoms with Crippen LogP contribution in [0, 0.1) is 23.7 Å². The van der Waals surface area contributed by atoms with Crippen LogP contribution < -0.4 is 85.9 Å². The van der Waals surface area contributed by atoms with Crippen LogP contribution >= 0.6 is 25.3 Å². The molecule has 14 atom stereocenters. The lowest BCUT2D eigenvalue weighted by molar-refractivity contribution is -0.142. The minimum Gasteiger partial charge on any atom is -0.481 e. The number of unbranched alkanes of at least 4 members (excludes halogenated alkanes) is 1. The Morgan fingerprint density at radius 3 is 1.16 bits per heavy atom. The Labute approximate surface area is 644 Å². The van der Waals surface area contributed by atoms with Crippen molar-refractivity contribution in [3.8, 4) is 0 Å². The quantitative estimate of drug-likeness (QED) is 0.0226. The summed E-state index contributed by atoms with van der Waals surface area (Å²) in [6.45, 7) is 17.9. The zero-order valence-electron chi connectivity index (χ0n) is 63.7. The number of aromatic amines is 1. The number of amides is 15. The number of thiol groups is 2. The number of hydrogen-bond acceptors (Lipinski definition) is 21. The summed E-state index contributed by atoms with van der Waals surface area (Å²) in [6, 6.07) is -13.7. The molecule has 109 heavy (non-hydrogen) atoms. The van der Waals surface area contributed by atoms with E-state index in [9.17, 15) is 96.8 Å². The number of nitrogens with two attached hydrogens (primary N) is 2. The van der Waals surface area contributed by atoms with Crippen LogP contribution in [0.2, 0.25) is 0 Å². The average Bonchev–Trinajstić information content (AvgIpc) is 1.72. The summed E-state index contributed by atoms with van der Waals surface area (Å²) in [7, 11) is 0. The van der Waals surface area contributed by atoms with Crippen molar-refractivity contribution in [2.75, 3.05) is 24.7 Å². The first kappa shape index (κ1) is 95.4. The first-order chi connectivity index (χ1) is 51.0. The second kappa shape index (κ2) is 48.0. The van der Waals surface area contributed by atoms with Gasteiger partial charge in [0.1, 0.15) is 84.6 Å². The number of fused-ring (bicyclic) bond motifs is 1. The Kier molecular flexibility index (Phi) is 42.0. The summed E-state index contributed by atoms with van der Waals surface area (Å²) in [5.74, 6) is -18.7. The molecule has 15 amide bonds. The maximum absolute atomic E-state index is 14.7. The van der Waals surface area contributed by atoms with E-state index in [1.807, 2.05) is 0 Å². The minimum absolute atomic E-state index is 0.00143. The van der Waals surface area contributed by atoms with E-state index >= 15 is 0 Å². The summed E-state index contributed by atoms with van der Waals surface area (Å²) in [5, 5.41) is 65.5. The molecule has 0 saturated carbocycles. The number of aliphatic carboxylic acids is 2. The van der Waals surface area contributed by atoms with Gasteiger partial charge in [0.25, 0.3) is 0 Å². The molecule has 0 fully saturated rings. The number of carbonyl (C=O) groups excluding carboxylic acids is 15. The molecule has 610 valence electrons.